The predicted molar refractivity (Wildman–Crippen MR) is 48.6 cm³/mol. The van der Waals surface area contributed by atoms with Gasteiger partial charge in [-0.2, -0.15) is 5.43 Å². The molecule has 0 bridgehead atoms. The minimum Gasteiger partial charge on any atom is -0.423 e. The van der Waals surface area contributed by atoms with E-state index in [9.17, 15) is 14.9 Å². The van der Waals surface area contributed by atoms with Crippen LogP contribution in [-0.4, -0.2) is 11.0 Å². The minimum absolute atomic E-state index is 0.0912. The van der Waals surface area contributed by atoms with E-state index in [1.54, 1.807) is 12.1 Å². The number of amides is 1. The molecule has 0 spiro atoms. The van der Waals surface area contributed by atoms with Gasteiger partial charge in [0.2, 0.25) is 6.23 Å². The number of hydrogen-bond acceptors (Lipinski definition) is 5. The fourth-order valence-corrected chi connectivity index (χ4v) is 1.31. The molecule has 1 aromatic rings. The summed E-state index contributed by atoms with van der Waals surface area (Å²) < 4.78 is 4.77. The zero-order valence-electron chi connectivity index (χ0n) is 7.47. The van der Waals surface area contributed by atoms with Crippen LogP contribution >= 0.6 is 0 Å². The van der Waals surface area contributed by atoms with Gasteiger partial charge < -0.3 is 4.74 Å². The molecule has 2 rings (SSSR count). The molecule has 1 heterocycles. The maximum absolute atomic E-state index is 10.7. The number of rotatable bonds is 2. The SMILES string of the molecule is O=C1NNC(c2ccccc2[N+](=O)[O-])O1. The molecule has 1 fully saturated rings. The molecule has 1 unspecified atom stereocenters. The summed E-state index contributed by atoms with van der Waals surface area (Å²) in [4.78, 5) is 20.9. The second kappa shape index (κ2) is 3.54. The van der Waals surface area contributed by atoms with E-state index >= 15 is 0 Å². The highest BCUT2D eigenvalue weighted by molar-refractivity contribution is 5.69. The summed E-state index contributed by atoms with van der Waals surface area (Å²) in [5.41, 5.74) is 4.91. The molecule has 1 aliphatic rings. The maximum atomic E-state index is 10.7. The van der Waals surface area contributed by atoms with E-state index < -0.39 is 17.2 Å². The van der Waals surface area contributed by atoms with Crippen molar-refractivity contribution in [1.82, 2.24) is 10.9 Å². The van der Waals surface area contributed by atoms with E-state index in [1.807, 2.05) is 0 Å². The van der Waals surface area contributed by atoms with Crippen molar-refractivity contribution in [2.24, 2.45) is 0 Å². The van der Waals surface area contributed by atoms with E-state index in [1.165, 1.54) is 12.1 Å². The van der Waals surface area contributed by atoms with Gasteiger partial charge in [0.05, 0.1) is 10.5 Å². The first-order valence-corrected chi connectivity index (χ1v) is 4.14. The average Bonchev–Trinajstić information content (AvgIpc) is 2.65. The van der Waals surface area contributed by atoms with Crippen molar-refractivity contribution in [3.63, 3.8) is 0 Å². The topological polar surface area (TPSA) is 93.5 Å². The lowest BCUT2D eigenvalue weighted by atomic mass is 10.1. The maximum Gasteiger partial charge on any atom is 0.423 e. The lowest BCUT2D eigenvalue weighted by molar-refractivity contribution is -0.386. The smallest absolute Gasteiger partial charge is 0.423 e. The molecule has 78 valence electrons. The normalized spacial score (nSPS) is 19.5. The Kier molecular flexibility index (Phi) is 2.22. The molecular weight excluding hydrogens is 202 g/mol. The predicted octanol–water partition coefficient (Wildman–Crippen LogP) is 0.838. The number of hydrogen-bond donors (Lipinski definition) is 2. The van der Waals surface area contributed by atoms with Crippen molar-refractivity contribution >= 4 is 11.8 Å². The minimum atomic E-state index is -0.820. The molecule has 0 aromatic heterocycles. The molecule has 0 radical (unpaired) electrons. The largest absolute Gasteiger partial charge is 0.423 e. The van der Waals surface area contributed by atoms with Crippen LogP contribution in [0, 0.1) is 10.1 Å². The highest BCUT2D eigenvalue weighted by Gasteiger charge is 2.29. The molecule has 0 saturated carbocycles. The molecule has 7 nitrogen and oxygen atoms in total. The van der Waals surface area contributed by atoms with E-state index in [0.717, 1.165) is 0 Å². The third-order valence-corrected chi connectivity index (χ3v) is 1.95. The van der Waals surface area contributed by atoms with Gasteiger partial charge in [-0.15, -0.1) is 0 Å². The summed E-state index contributed by atoms with van der Waals surface area (Å²) in [5, 5.41) is 10.7. The molecule has 15 heavy (non-hydrogen) atoms. The van der Waals surface area contributed by atoms with Gasteiger partial charge in [0.15, 0.2) is 0 Å². The highest BCUT2D eigenvalue weighted by Crippen LogP contribution is 2.26. The van der Waals surface area contributed by atoms with Crippen LogP contribution in [0.2, 0.25) is 0 Å². The Bertz CT molecular complexity index is 420. The van der Waals surface area contributed by atoms with E-state index in [-0.39, 0.29) is 5.69 Å². The molecule has 1 saturated heterocycles. The van der Waals surface area contributed by atoms with Crippen LogP contribution in [0.1, 0.15) is 11.8 Å². The first-order chi connectivity index (χ1) is 7.18. The van der Waals surface area contributed by atoms with Gasteiger partial charge in [-0.1, -0.05) is 12.1 Å². The average molecular weight is 209 g/mol. The van der Waals surface area contributed by atoms with Crippen molar-refractivity contribution in [3.05, 3.63) is 39.9 Å². The Morgan fingerprint density at radius 3 is 2.73 bits per heavy atom. The van der Waals surface area contributed by atoms with Crippen LogP contribution in [0.5, 0.6) is 0 Å². The first-order valence-electron chi connectivity index (χ1n) is 4.14. The van der Waals surface area contributed by atoms with Gasteiger partial charge in [0.25, 0.3) is 5.69 Å². The molecule has 1 atom stereocenters. The Morgan fingerprint density at radius 1 is 1.40 bits per heavy atom. The fraction of sp³-hybridized carbons (Fsp3) is 0.125. The van der Waals surface area contributed by atoms with E-state index in [0.29, 0.717) is 5.56 Å². The lowest BCUT2D eigenvalue weighted by Gasteiger charge is -2.07. The standard InChI is InChI=1S/C8H7N3O4/c12-8-10-9-7(15-8)5-3-1-2-4-6(5)11(13)14/h1-4,7,9H,(H,10,12). The molecule has 7 heteroatoms. The monoisotopic (exact) mass is 209 g/mol. The molecule has 2 N–H and O–H groups in total. The number of nitro benzene ring substituents is 1. The number of nitro groups is 1. The van der Waals surface area contributed by atoms with E-state index in [4.69, 9.17) is 4.74 Å². The third-order valence-electron chi connectivity index (χ3n) is 1.95. The van der Waals surface area contributed by atoms with Crippen molar-refractivity contribution in [2.75, 3.05) is 0 Å². The molecule has 1 aromatic carbocycles. The molecule has 1 aliphatic heterocycles. The van der Waals surface area contributed by atoms with Gasteiger partial charge in [-0.3, -0.25) is 15.5 Å². The number of para-hydroxylation sites is 1. The number of hydrazine groups is 1. The Labute approximate surface area is 84.2 Å². The summed E-state index contributed by atoms with van der Waals surface area (Å²) in [5.74, 6) is 0. The van der Waals surface area contributed by atoms with Crippen LogP contribution in [-0.2, 0) is 4.74 Å². The quantitative estimate of drug-likeness (QED) is 0.556. The fourth-order valence-electron chi connectivity index (χ4n) is 1.31. The number of benzene rings is 1. The zero-order valence-corrected chi connectivity index (χ0v) is 7.47. The van der Waals surface area contributed by atoms with Gasteiger partial charge in [-0.05, 0) is 6.07 Å². The van der Waals surface area contributed by atoms with Crippen LogP contribution in [0.4, 0.5) is 10.5 Å². The molecular formula is C8H7N3O4. The van der Waals surface area contributed by atoms with Crippen molar-refractivity contribution < 1.29 is 14.5 Å². The van der Waals surface area contributed by atoms with Crippen molar-refractivity contribution in [3.8, 4) is 0 Å². The Balaban J connectivity index is 2.35. The Morgan fingerprint density at radius 2 is 2.13 bits per heavy atom. The van der Waals surface area contributed by atoms with Crippen LogP contribution in [0.15, 0.2) is 24.3 Å². The van der Waals surface area contributed by atoms with Crippen molar-refractivity contribution in [1.29, 1.82) is 0 Å². The van der Waals surface area contributed by atoms with Crippen LogP contribution in [0.25, 0.3) is 0 Å². The summed E-state index contributed by atoms with van der Waals surface area (Å²) in [6.07, 6.45) is -1.47. The van der Waals surface area contributed by atoms with Gasteiger partial charge in [-0.25, -0.2) is 4.79 Å². The summed E-state index contributed by atoms with van der Waals surface area (Å²) >= 11 is 0. The third kappa shape index (κ3) is 1.72. The van der Waals surface area contributed by atoms with Gasteiger partial charge >= 0.3 is 6.09 Å². The molecule has 0 aliphatic carbocycles. The number of carbonyl (C=O) groups is 1. The van der Waals surface area contributed by atoms with Crippen LogP contribution in [0.3, 0.4) is 0 Å². The van der Waals surface area contributed by atoms with E-state index in [2.05, 4.69) is 10.9 Å². The van der Waals surface area contributed by atoms with Crippen LogP contribution < -0.4 is 10.9 Å². The first kappa shape index (κ1) is 9.41. The number of cyclic esters (lactones) is 1. The zero-order chi connectivity index (χ0) is 10.8. The second-order valence-electron chi connectivity index (χ2n) is 2.87. The summed E-state index contributed by atoms with van der Waals surface area (Å²) in [7, 11) is 0. The summed E-state index contributed by atoms with van der Waals surface area (Å²) in [6, 6.07) is 6.06. The van der Waals surface area contributed by atoms with Gasteiger partial charge in [0, 0.05) is 6.07 Å². The highest BCUT2D eigenvalue weighted by atomic mass is 16.6. The number of carbonyl (C=O) groups excluding carboxylic acids is 1. The number of ether oxygens (including phenoxy) is 1. The Hall–Kier alpha value is -2.15. The number of nitrogens with zero attached hydrogens (tertiary/aromatic N) is 1. The lowest BCUT2D eigenvalue weighted by Crippen LogP contribution is -2.27. The molecule has 1 amide bonds. The van der Waals surface area contributed by atoms with Crippen molar-refractivity contribution in [2.45, 2.75) is 6.23 Å². The second-order valence-corrected chi connectivity index (χ2v) is 2.87. The summed E-state index contributed by atoms with van der Waals surface area (Å²) in [6.45, 7) is 0. The number of nitrogens with one attached hydrogen (secondary N) is 2. The van der Waals surface area contributed by atoms with Gasteiger partial charge in [0.1, 0.15) is 0 Å².